The smallest absolute Gasteiger partial charge is 0.123 e. The molecule has 0 spiro atoms. The summed E-state index contributed by atoms with van der Waals surface area (Å²) in [5.74, 6) is 2.86. The molecule has 0 saturated carbocycles. The number of hydrogen-bond donors (Lipinski definition) is 0. The van der Waals surface area contributed by atoms with Crippen molar-refractivity contribution in [2.75, 3.05) is 11.4 Å². The number of hydrogen-bond acceptors (Lipinski definition) is 1. The fourth-order valence-electron chi connectivity index (χ4n) is 1.68. The number of rotatable bonds is 2. The Balaban J connectivity index is 2.21. The average Bonchev–Trinajstić information content (AvgIpc) is 2.50. The van der Waals surface area contributed by atoms with Crippen LogP contribution in [0.25, 0.3) is 0 Å². The van der Waals surface area contributed by atoms with Crippen molar-refractivity contribution in [3.8, 4) is 11.2 Å². The van der Waals surface area contributed by atoms with E-state index in [1.807, 2.05) is 32.2 Å². The molecule has 0 N–H and O–H groups in total. The average molecular weight is 285 g/mol. The molecule has 102 valence electrons. The number of anilines is 1. The molecule has 2 aromatic carbocycles. The molecule has 20 heavy (non-hydrogen) atoms. The molecule has 0 heterocycles. The van der Waals surface area contributed by atoms with Crippen molar-refractivity contribution < 1.29 is 4.39 Å². The molecular weight excluding hydrogens is 269 g/mol. The highest BCUT2D eigenvalue weighted by atomic mass is 32.2. The van der Waals surface area contributed by atoms with Gasteiger partial charge in [-0.15, -0.1) is 0 Å². The minimum absolute atomic E-state index is 0.238. The van der Waals surface area contributed by atoms with Crippen molar-refractivity contribution in [3.05, 3.63) is 66.0 Å². The van der Waals surface area contributed by atoms with Crippen molar-refractivity contribution in [2.24, 2.45) is 0 Å². The zero-order chi connectivity index (χ0) is 14.4. The van der Waals surface area contributed by atoms with Gasteiger partial charge in [-0.05, 0) is 64.6 Å². The number of halogens is 1. The lowest BCUT2D eigenvalue weighted by Crippen LogP contribution is -2.08. The minimum Gasteiger partial charge on any atom is -0.315 e. The van der Waals surface area contributed by atoms with E-state index in [0.29, 0.717) is 0 Å². The van der Waals surface area contributed by atoms with E-state index in [2.05, 4.69) is 33.0 Å². The van der Waals surface area contributed by atoms with Crippen LogP contribution in [-0.2, 0) is 0 Å². The Labute approximate surface area is 122 Å². The van der Waals surface area contributed by atoms with Crippen molar-refractivity contribution in [1.82, 2.24) is 0 Å². The van der Waals surface area contributed by atoms with Gasteiger partial charge in [-0.3, -0.25) is 0 Å². The first kappa shape index (κ1) is 14.4. The Hall–Kier alpha value is -2.05. The van der Waals surface area contributed by atoms with Crippen LogP contribution in [0.5, 0.6) is 0 Å². The predicted molar refractivity (Wildman–Crippen MR) is 87.5 cm³/mol. The lowest BCUT2D eigenvalue weighted by molar-refractivity contribution is 0.627. The Kier molecular flexibility index (Phi) is 4.97. The monoisotopic (exact) mass is 285 g/mol. The number of benzene rings is 2. The molecule has 0 amide bonds. The van der Waals surface area contributed by atoms with E-state index >= 15 is 0 Å². The van der Waals surface area contributed by atoms with E-state index in [1.54, 1.807) is 12.1 Å². The highest BCUT2D eigenvalue weighted by Gasteiger charge is 2.01. The van der Waals surface area contributed by atoms with Gasteiger partial charge < -0.3 is 4.31 Å². The largest absolute Gasteiger partial charge is 0.315 e. The van der Waals surface area contributed by atoms with Gasteiger partial charge in [0, 0.05) is 18.3 Å². The summed E-state index contributed by atoms with van der Waals surface area (Å²) >= 11 is 0. The molecule has 0 aliphatic carbocycles. The Bertz CT molecular complexity index is 651. The van der Waals surface area contributed by atoms with Crippen LogP contribution in [0, 0.1) is 17.0 Å². The van der Waals surface area contributed by atoms with Crippen LogP contribution < -0.4 is 4.31 Å². The fraction of sp³-hybridized carbons (Fsp3) is 0.118. The van der Waals surface area contributed by atoms with E-state index in [4.69, 9.17) is 0 Å². The molecule has 0 bridgehead atoms. The van der Waals surface area contributed by atoms with Gasteiger partial charge in [0.05, 0.1) is 0 Å². The normalized spacial score (nSPS) is 11.6. The van der Waals surface area contributed by atoms with Gasteiger partial charge in [0.15, 0.2) is 0 Å². The summed E-state index contributed by atoms with van der Waals surface area (Å²) in [5.41, 5.74) is 1.95. The molecule has 2 rings (SSSR count). The summed E-state index contributed by atoms with van der Waals surface area (Å²) in [6.45, 7) is 2.00. The first-order valence-electron chi connectivity index (χ1n) is 6.29. The van der Waals surface area contributed by atoms with Crippen molar-refractivity contribution >= 4 is 21.7 Å². The standard InChI is InChI=1S/C17H16FNS/c1-3-20(19(2)17-7-5-4-6-8-17)14-13-15-9-11-16(18)12-10-15/h3-12H,1-2H3. The second-order valence-electron chi connectivity index (χ2n) is 4.12. The van der Waals surface area contributed by atoms with Gasteiger partial charge in [-0.1, -0.05) is 24.1 Å². The SMILES string of the molecule is CC=S(C#Cc1ccc(F)cc1)N(C)c1ccccc1. The first-order chi connectivity index (χ1) is 9.70. The summed E-state index contributed by atoms with van der Waals surface area (Å²) in [6.07, 6.45) is 0. The lowest BCUT2D eigenvalue weighted by atomic mass is 10.2. The third-order valence-corrected chi connectivity index (χ3v) is 4.34. The molecule has 0 fully saturated rings. The van der Waals surface area contributed by atoms with Crippen molar-refractivity contribution in [2.45, 2.75) is 6.92 Å². The molecule has 0 aromatic heterocycles. The molecule has 0 radical (unpaired) electrons. The van der Waals surface area contributed by atoms with Crippen LogP contribution in [-0.4, -0.2) is 12.4 Å². The van der Waals surface area contributed by atoms with Gasteiger partial charge >= 0.3 is 0 Å². The van der Waals surface area contributed by atoms with E-state index < -0.39 is 0 Å². The molecule has 1 nitrogen and oxygen atoms in total. The van der Waals surface area contributed by atoms with Crippen LogP contribution >= 0.6 is 10.7 Å². The molecule has 3 heteroatoms. The van der Waals surface area contributed by atoms with Crippen LogP contribution in [0.4, 0.5) is 10.1 Å². The Morgan fingerprint density at radius 1 is 1.05 bits per heavy atom. The quantitative estimate of drug-likeness (QED) is 0.588. The summed E-state index contributed by atoms with van der Waals surface area (Å²) < 4.78 is 15.0. The lowest BCUT2D eigenvalue weighted by Gasteiger charge is -2.19. The zero-order valence-corrected chi connectivity index (χ0v) is 12.3. The number of nitrogens with zero attached hydrogens (tertiary/aromatic N) is 1. The van der Waals surface area contributed by atoms with Gasteiger partial charge in [0.25, 0.3) is 0 Å². The Morgan fingerprint density at radius 2 is 1.70 bits per heavy atom. The zero-order valence-electron chi connectivity index (χ0n) is 11.5. The van der Waals surface area contributed by atoms with Crippen molar-refractivity contribution in [1.29, 1.82) is 0 Å². The minimum atomic E-state index is -0.280. The second-order valence-corrected chi connectivity index (χ2v) is 5.97. The highest BCUT2D eigenvalue weighted by Crippen LogP contribution is 2.24. The summed E-state index contributed by atoms with van der Waals surface area (Å²) in [5, 5.41) is 5.30. The molecule has 0 aliphatic rings. The fourth-order valence-corrected chi connectivity index (χ4v) is 2.82. The van der Waals surface area contributed by atoms with E-state index in [1.165, 1.54) is 12.1 Å². The summed E-state index contributed by atoms with van der Waals surface area (Å²) in [6, 6.07) is 16.4. The molecular formula is C17H16FNS. The summed E-state index contributed by atoms with van der Waals surface area (Å²) in [7, 11) is 1.75. The molecule has 1 unspecified atom stereocenters. The maximum Gasteiger partial charge on any atom is 0.123 e. The highest BCUT2D eigenvalue weighted by molar-refractivity contribution is 8.20. The van der Waals surface area contributed by atoms with Crippen LogP contribution in [0.1, 0.15) is 12.5 Å². The molecule has 2 aromatic rings. The van der Waals surface area contributed by atoms with Crippen molar-refractivity contribution in [3.63, 3.8) is 0 Å². The summed E-state index contributed by atoms with van der Waals surface area (Å²) in [4.78, 5) is 0. The van der Waals surface area contributed by atoms with E-state index in [-0.39, 0.29) is 16.5 Å². The van der Waals surface area contributed by atoms with Gasteiger partial charge in [0.1, 0.15) is 5.82 Å². The van der Waals surface area contributed by atoms with Crippen LogP contribution in [0.15, 0.2) is 54.6 Å². The second kappa shape index (κ2) is 6.93. The third-order valence-electron chi connectivity index (χ3n) is 2.78. The third kappa shape index (κ3) is 3.72. The topological polar surface area (TPSA) is 3.24 Å². The van der Waals surface area contributed by atoms with Gasteiger partial charge in [-0.25, -0.2) is 4.39 Å². The molecule has 1 atom stereocenters. The maximum absolute atomic E-state index is 12.8. The van der Waals surface area contributed by atoms with E-state index in [0.717, 1.165) is 11.3 Å². The maximum atomic E-state index is 12.8. The van der Waals surface area contributed by atoms with Crippen LogP contribution in [0.2, 0.25) is 0 Å². The first-order valence-corrected chi connectivity index (χ1v) is 7.54. The van der Waals surface area contributed by atoms with Crippen LogP contribution in [0.3, 0.4) is 0 Å². The van der Waals surface area contributed by atoms with Gasteiger partial charge in [-0.2, -0.15) is 0 Å². The predicted octanol–water partition coefficient (Wildman–Crippen LogP) is 4.28. The van der Waals surface area contributed by atoms with E-state index in [9.17, 15) is 4.39 Å². The molecule has 0 saturated heterocycles. The van der Waals surface area contributed by atoms with Gasteiger partial charge in [0.2, 0.25) is 0 Å². The molecule has 0 aliphatic heterocycles. The Morgan fingerprint density at radius 3 is 2.30 bits per heavy atom. The number of para-hydroxylation sites is 1.